The zero-order valence-corrected chi connectivity index (χ0v) is 10.0. The number of ether oxygens (including phenoxy) is 1. The average molecular weight is 219 g/mol. The van der Waals surface area contributed by atoms with Gasteiger partial charge in [0.1, 0.15) is 5.75 Å². The van der Waals surface area contributed by atoms with Gasteiger partial charge in [0, 0.05) is 0 Å². The number of nitrogens with one attached hydrogen (secondary N) is 1. The number of hydrogen-bond acceptors (Lipinski definition) is 2. The summed E-state index contributed by atoms with van der Waals surface area (Å²) >= 11 is 0. The molecule has 1 saturated heterocycles. The first-order valence-corrected chi connectivity index (χ1v) is 6.25. The van der Waals surface area contributed by atoms with Gasteiger partial charge in [0.15, 0.2) is 0 Å². The average Bonchev–Trinajstić information content (AvgIpc) is 2.30. The standard InChI is InChI=1S/C14H21NO/c1-12-4-2-6-14(10-12)16-9-7-13-5-3-8-15-11-13/h2,4,6,10,13,15H,3,5,7-9,11H2,1H3/t13-/m1/s1. The van der Waals surface area contributed by atoms with Gasteiger partial charge in [-0.1, -0.05) is 12.1 Å². The monoisotopic (exact) mass is 219 g/mol. The van der Waals surface area contributed by atoms with Crippen molar-refractivity contribution in [3.63, 3.8) is 0 Å². The quantitative estimate of drug-likeness (QED) is 0.840. The third-order valence-corrected chi connectivity index (χ3v) is 3.18. The number of aryl methyl sites for hydroxylation is 1. The normalized spacial score (nSPS) is 20.7. The van der Waals surface area contributed by atoms with Crippen LogP contribution < -0.4 is 10.1 Å². The van der Waals surface area contributed by atoms with E-state index in [9.17, 15) is 0 Å². The fourth-order valence-electron chi connectivity index (χ4n) is 2.22. The molecular formula is C14H21NO. The molecule has 0 saturated carbocycles. The highest BCUT2D eigenvalue weighted by atomic mass is 16.5. The molecule has 16 heavy (non-hydrogen) atoms. The molecule has 1 aliphatic rings. The van der Waals surface area contributed by atoms with Gasteiger partial charge in [-0.25, -0.2) is 0 Å². The number of benzene rings is 1. The predicted molar refractivity (Wildman–Crippen MR) is 66.9 cm³/mol. The topological polar surface area (TPSA) is 21.3 Å². The van der Waals surface area contributed by atoms with Crippen molar-refractivity contribution >= 4 is 0 Å². The molecule has 0 aromatic heterocycles. The lowest BCUT2D eigenvalue weighted by molar-refractivity contribution is 0.254. The SMILES string of the molecule is Cc1cccc(OCC[C@H]2CCCNC2)c1. The Kier molecular flexibility index (Phi) is 4.23. The Morgan fingerprint density at radius 3 is 3.12 bits per heavy atom. The fraction of sp³-hybridized carbons (Fsp3) is 0.571. The van der Waals surface area contributed by atoms with E-state index in [2.05, 4.69) is 24.4 Å². The lowest BCUT2D eigenvalue weighted by Gasteiger charge is -2.22. The van der Waals surface area contributed by atoms with Gasteiger partial charge < -0.3 is 10.1 Å². The Bertz CT molecular complexity index is 318. The molecule has 0 amide bonds. The highest BCUT2D eigenvalue weighted by molar-refractivity contribution is 5.27. The van der Waals surface area contributed by atoms with Crippen LogP contribution in [0.5, 0.6) is 5.75 Å². The Hall–Kier alpha value is -1.02. The molecule has 1 atom stereocenters. The van der Waals surface area contributed by atoms with Gasteiger partial charge in [-0.2, -0.15) is 0 Å². The van der Waals surface area contributed by atoms with Crippen molar-refractivity contribution in [1.29, 1.82) is 0 Å². The molecular weight excluding hydrogens is 198 g/mol. The molecule has 0 bridgehead atoms. The van der Waals surface area contributed by atoms with E-state index in [1.165, 1.54) is 31.4 Å². The molecule has 2 nitrogen and oxygen atoms in total. The van der Waals surface area contributed by atoms with Gasteiger partial charge in [0.2, 0.25) is 0 Å². The van der Waals surface area contributed by atoms with Crippen molar-refractivity contribution < 1.29 is 4.74 Å². The summed E-state index contributed by atoms with van der Waals surface area (Å²) in [6.45, 7) is 5.29. The van der Waals surface area contributed by atoms with E-state index in [0.29, 0.717) is 0 Å². The highest BCUT2D eigenvalue weighted by Gasteiger charge is 2.12. The minimum Gasteiger partial charge on any atom is -0.494 e. The van der Waals surface area contributed by atoms with Crippen LogP contribution in [0.4, 0.5) is 0 Å². The fourth-order valence-corrected chi connectivity index (χ4v) is 2.22. The van der Waals surface area contributed by atoms with Crippen LogP contribution in [0.15, 0.2) is 24.3 Å². The van der Waals surface area contributed by atoms with Crippen molar-refractivity contribution in [2.75, 3.05) is 19.7 Å². The molecule has 0 spiro atoms. The molecule has 0 radical (unpaired) electrons. The summed E-state index contributed by atoms with van der Waals surface area (Å²) in [4.78, 5) is 0. The summed E-state index contributed by atoms with van der Waals surface area (Å²) in [5.74, 6) is 1.81. The molecule has 1 aromatic carbocycles. The van der Waals surface area contributed by atoms with Crippen LogP contribution in [0, 0.1) is 12.8 Å². The molecule has 0 aliphatic carbocycles. The molecule has 2 heteroatoms. The Morgan fingerprint density at radius 2 is 2.38 bits per heavy atom. The predicted octanol–water partition coefficient (Wildman–Crippen LogP) is 2.76. The lowest BCUT2D eigenvalue weighted by atomic mass is 9.97. The van der Waals surface area contributed by atoms with E-state index in [4.69, 9.17) is 4.74 Å². The van der Waals surface area contributed by atoms with Crippen LogP contribution in [-0.2, 0) is 0 Å². The largest absolute Gasteiger partial charge is 0.494 e. The van der Waals surface area contributed by atoms with E-state index < -0.39 is 0 Å². The smallest absolute Gasteiger partial charge is 0.119 e. The van der Waals surface area contributed by atoms with Crippen molar-refractivity contribution in [3.05, 3.63) is 29.8 Å². The minimum absolute atomic E-state index is 0.804. The maximum Gasteiger partial charge on any atom is 0.119 e. The van der Waals surface area contributed by atoms with Gasteiger partial charge in [-0.3, -0.25) is 0 Å². The van der Waals surface area contributed by atoms with Gasteiger partial charge in [-0.15, -0.1) is 0 Å². The van der Waals surface area contributed by atoms with Crippen LogP contribution in [0.25, 0.3) is 0 Å². The first kappa shape index (κ1) is 11.5. The summed E-state index contributed by atoms with van der Waals surface area (Å²) in [6.07, 6.45) is 3.83. The number of piperidine rings is 1. The third kappa shape index (κ3) is 3.53. The second-order valence-electron chi connectivity index (χ2n) is 4.67. The maximum atomic E-state index is 5.76. The summed E-state index contributed by atoms with van der Waals surface area (Å²) in [5.41, 5.74) is 1.26. The first-order chi connectivity index (χ1) is 7.84. The van der Waals surface area contributed by atoms with E-state index in [1.54, 1.807) is 0 Å². The summed E-state index contributed by atoms with van der Waals surface area (Å²) in [6, 6.07) is 8.27. The molecule has 1 aromatic rings. The summed E-state index contributed by atoms with van der Waals surface area (Å²) in [5, 5.41) is 3.44. The van der Waals surface area contributed by atoms with Crippen molar-refractivity contribution in [2.45, 2.75) is 26.2 Å². The second kappa shape index (κ2) is 5.90. The van der Waals surface area contributed by atoms with Crippen molar-refractivity contribution in [3.8, 4) is 5.75 Å². The van der Waals surface area contributed by atoms with Gasteiger partial charge in [0.05, 0.1) is 6.61 Å². The lowest BCUT2D eigenvalue weighted by Crippen LogP contribution is -2.30. The van der Waals surface area contributed by atoms with Crippen molar-refractivity contribution in [2.24, 2.45) is 5.92 Å². The van der Waals surface area contributed by atoms with Gasteiger partial charge in [-0.05, 0) is 62.9 Å². The second-order valence-corrected chi connectivity index (χ2v) is 4.67. The van der Waals surface area contributed by atoms with Crippen LogP contribution in [-0.4, -0.2) is 19.7 Å². The van der Waals surface area contributed by atoms with E-state index in [1.807, 2.05) is 12.1 Å². The highest BCUT2D eigenvalue weighted by Crippen LogP contribution is 2.16. The molecule has 1 heterocycles. The van der Waals surface area contributed by atoms with Crippen molar-refractivity contribution in [1.82, 2.24) is 5.32 Å². The van der Waals surface area contributed by atoms with Crippen LogP contribution in [0.1, 0.15) is 24.8 Å². The summed E-state index contributed by atoms with van der Waals surface area (Å²) in [7, 11) is 0. The maximum absolute atomic E-state index is 5.76. The third-order valence-electron chi connectivity index (χ3n) is 3.18. The van der Waals surface area contributed by atoms with Crippen LogP contribution in [0.3, 0.4) is 0 Å². The molecule has 1 fully saturated rings. The molecule has 1 N–H and O–H groups in total. The van der Waals surface area contributed by atoms with E-state index in [-0.39, 0.29) is 0 Å². The Balaban J connectivity index is 1.71. The number of rotatable bonds is 4. The Morgan fingerprint density at radius 1 is 1.44 bits per heavy atom. The van der Waals surface area contributed by atoms with Crippen LogP contribution in [0.2, 0.25) is 0 Å². The zero-order valence-electron chi connectivity index (χ0n) is 10.0. The molecule has 2 rings (SSSR count). The number of hydrogen-bond donors (Lipinski definition) is 1. The van der Waals surface area contributed by atoms with E-state index in [0.717, 1.165) is 24.8 Å². The van der Waals surface area contributed by atoms with Crippen LogP contribution >= 0.6 is 0 Å². The minimum atomic E-state index is 0.804. The van der Waals surface area contributed by atoms with Gasteiger partial charge >= 0.3 is 0 Å². The first-order valence-electron chi connectivity index (χ1n) is 6.25. The van der Waals surface area contributed by atoms with Gasteiger partial charge in [0.25, 0.3) is 0 Å². The molecule has 0 unspecified atom stereocenters. The Labute approximate surface area is 98.0 Å². The molecule has 88 valence electrons. The molecule has 1 aliphatic heterocycles. The van der Waals surface area contributed by atoms with E-state index >= 15 is 0 Å². The zero-order chi connectivity index (χ0) is 11.2. The summed E-state index contributed by atoms with van der Waals surface area (Å²) < 4.78 is 5.76.